The SMILES string of the molecule is CC1(C)S[C@H]2N(C(=O)[C@]2(C)NC(=O)Cc2ccc(C(F)(F)F)cc2)[C@H]1C(=O)O. The Balaban J connectivity index is 1.70. The van der Waals surface area contributed by atoms with Crippen molar-refractivity contribution in [1.82, 2.24) is 10.2 Å². The van der Waals surface area contributed by atoms with Crippen LogP contribution in [0.1, 0.15) is 31.9 Å². The van der Waals surface area contributed by atoms with Crippen molar-refractivity contribution in [2.24, 2.45) is 0 Å². The van der Waals surface area contributed by atoms with Crippen molar-refractivity contribution in [1.29, 1.82) is 0 Å². The van der Waals surface area contributed by atoms with Crippen LogP contribution < -0.4 is 5.32 Å². The predicted octanol–water partition coefficient (Wildman–Crippen LogP) is 2.27. The minimum absolute atomic E-state index is 0.190. The number of aliphatic carboxylic acids is 1. The van der Waals surface area contributed by atoms with Gasteiger partial charge < -0.3 is 15.3 Å². The molecule has 0 aromatic heterocycles. The normalized spacial score (nSPS) is 28.5. The number of carbonyl (C=O) groups is 3. The molecule has 3 rings (SSSR count). The molecule has 0 spiro atoms. The summed E-state index contributed by atoms with van der Waals surface area (Å²) >= 11 is 1.30. The van der Waals surface area contributed by atoms with Crippen molar-refractivity contribution >= 4 is 29.5 Å². The number of fused-ring (bicyclic) bond motifs is 1. The maximum absolute atomic E-state index is 12.6. The average molecular weight is 416 g/mol. The lowest BCUT2D eigenvalue weighted by Gasteiger charge is -2.51. The molecule has 2 amide bonds. The lowest BCUT2D eigenvalue weighted by molar-refractivity contribution is -0.167. The summed E-state index contributed by atoms with van der Waals surface area (Å²) in [7, 11) is 0. The molecule has 2 fully saturated rings. The monoisotopic (exact) mass is 416 g/mol. The van der Waals surface area contributed by atoms with Gasteiger partial charge in [-0.3, -0.25) is 9.59 Å². The van der Waals surface area contributed by atoms with E-state index >= 15 is 0 Å². The number of carbonyl (C=O) groups excluding carboxylic acids is 2. The highest BCUT2D eigenvalue weighted by Gasteiger charge is 2.70. The van der Waals surface area contributed by atoms with Gasteiger partial charge in [-0.15, -0.1) is 11.8 Å². The molecule has 1 aromatic rings. The minimum atomic E-state index is -4.46. The molecule has 0 saturated carbocycles. The highest BCUT2D eigenvalue weighted by atomic mass is 32.2. The Kier molecular flexibility index (Phi) is 4.68. The zero-order chi connectivity index (χ0) is 21.1. The van der Waals surface area contributed by atoms with Crippen LogP contribution in [-0.2, 0) is 27.0 Å². The Hall–Kier alpha value is -2.23. The highest BCUT2D eigenvalue weighted by Crippen LogP contribution is 2.54. The molecule has 2 aliphatic rings. The number of halogens is 3. The predicted molar refractivity (Wildman–Crippen MR) is 95.4 cm³/mol. The Labute approximate surface area is 163 Å². The molecule has 0 unspecified atom stereocenters. The molecule has 1 aromatic carbocycles. The molecular formula is C18H19F3N2O4S. The molecule has 0 bridgehead atoms. The van der Waals surface area contributed by atoms with Crippen LogP contribution in [0.15, 0.2) is 24.3 Å². The van der Waals surface area contributed by atoms with Crippen LogP contribution in [-0.4, -0.2) is 49.5 Å². The van der Waals surface area contributed by atoms with Crippen LogP contribution in [0.2, 0.25) is 0 Å². The van der Waals surface area contributed by atoms with Gasteiger partial charge in [0.15, 0.2) is 0 Å². The van der Waals surface area contributed by atoms with Gasteiger partial charge in [-0.1, -0.05) is 12.1 Å². The van der Waals surface area contributed by atoms with Gasteiger partial charge in [0.25, 0.3) is 5.91 Å². The Morgan fingerprint density at radius 3 is 2.29 bits per heavy atom. The van der Waals surface area contributed by atoms with Gasteiger partial charge in [-0.05, 0) is 38.5 Å². The Bertz CT molecular complexity index is 840. The van der Waals surface area contributed by atoms with Gasteiger partial charge in [-0.2, -0.15) is 13.2 Å². The molecule has 2 aliphatic heterocycles. The number of nitrogens with zero attached hydrogens (tertiary/aromatic N) is 1. The summed E-state index contributed by atoms with van der Waals surface area (Å²) in [5.41, 5.74) is -1.69. The summed E-state index contributed by atoms with van der Waals surface area (Å²) in [6, 6.07) is 3.23. The highest BCUT2D eigenvalue weighted by molar-refractivity contribution is 8.01. The fourth-order valence-corrected chi connectivity index (χ4v) is 5.31. The first-order valence-corrected chi connectivity index (χ1v) is 9.36. The van der Waals surface area contributed by atoms with Crippen LogP contribution in [0, 0.1) is 0 Å². The van der Waals surface area contributed by atoms with Crippen molar-refractivity contribution in [2.75, 3.05) is 0 Å². The first-order valence-electron chi connectivity index (χ1n) is 8.48. The molecule has 152 valence electrons. The van der Waals surface area contributed by atoms with Crippen molar-refractivity contribution < 1.29 is 32.7 Å². The largest absolute Gasteiger partial charge is 0.480 e. The van der Waals surface area contributed by atoms with Gasteiger partial charge in [0.05, 0.1) is 12.0 Å². The molecule has 3 atom stereocenters. The fraction of sp³-hybridized carbons (Fsp3) is 0.500. The first-order chi connectivity index (χ1) is 12.8. The zero-order valence-corrected chi connectivity index (χ0v) is 16.1. The van der Waals surface area contributed by atoms with Crippen molar-refractivity contribution in [3.63, 3.8) is 0 Å². The lowest BCUT2D eigenvalue weighted by atomic mass is 9.86. The van der Waals surface area contributed by atoms with Crippen LogP contribution in [0.3, 0.4) is 0 Å². The zero-order valence-electron chi connectivity index (χ0n) is 15.3. The lowest BCUT2D eigenvalue weighted by Crippen LogP contribution is -2.78. The number of hydrogen-bond acceptors (Lipinski definition) is 4. The van der Waals surface area contributed by atoms with Gasteiger partial charge in [0, 0.05) is 4.75 Å². The number of benzene rings is 1. The van der Waals surface area contributed by atoms with Gasteiger partial charge in [0.2, 0.25) is 5.91 Å². The number of alkyl halides is 3. The fourth-order valence-electron chi connectivity index (χ4n) is 3.67. The standard InChI is InChI=1S/C18H19F3N2O4S/c1-16(2)12(13(25)26)23-14(27)17(3,15(23)28-16)22-11(24)8-9-4-6-10(7-5-9)18(19,20)21/h4-7,12,15H,8H2,1-3H3,(H,22,24)(H,25,26)/t12-,15+,17-/m0/s1. The smallest absolute Gasteiger partial charge is 0.416 e. The summed E-state index contributed by atoms with van der Waals surface area (Å²) < 4.78 is 37.1. The van der Waals surface area contributed by atoms with Crippen molar-refractivity contribution in [3.8, 4) is 0 Å². The summed E-state index contributed by atoms with van der Waals surface area (Å²) in [6.07, 6.45) is -4.65. The van der Waals surface area contributed by atoms with E-state index in [1.165, 1.54) is 35.7 Å². The van der Waals surface area contributed by atoms with Gasteiger partial charge >= 0.3 is 12.1 Å². The quantitative estimate of drug-likeness (QED) is 0.736. The van der Waals surface area contributed by atoms with Crippen LogP contribution in [0.25, 0.3) is 0 Å². The van der Waals surface area contributed by atoms with E-state index < -0.39 is 51.2 Å². The van der Waals surface area contributed by atoms with Crippen LogP contribution in [0.4, 0.5) is 13.2 Å². The van der Waals surface area contributed by atoms with E-state index in [0.717, 1.165) is 12.1 Å². The van der Waals surface area contributed by atoms with E-state index in [0.29, 0.717) is 5.56 Å². The maximum atomic E-state index is 12.6. The number of hydrogen-bond donors (Lipinski definition) is 2. The third kappa shape index (κ3) is 3.23. The van der Waals surface area contributed by atoms with Crippen LogP contribution in [0.5, 0.6) is 0 Å². The topological polar surface area (TPSA) is 86.7 Å². The molecule has 6 nitrogen and oxygen atoms in total. The first kappa shape index (κ1) is 20.5. The van der Waals surface area contributed by atoms with E-state index in [-0.39, 0.29) is 6.42 Å². The third-order valence-electron chi connectivity index (χ3n) is 5.06. The van der Waals surface area contributed by atoms with E-state index in [1.54, 1.807) is 13.8 Å². The van der Waals surface area contributed by atoms with E-state index in [2.05, 4.69) is 5.32 Å². The number of carboxylic acids is 1. The number of amides is 2. The van der Waals surface area contributed by atoms with Crippen LogP contribution >= 0.6 is 11.8 Å². The molecule has 2 saturated heterocycles. The molecule has 2 N–H and O–H groups in total. The second-order valence-electron chi connectivity index (χ2n) is 7.65. The molecule has 10 heteroatoms. The van der Waals surface area contributed by atoms with Gasteiger partial charge in [0.1, 0.15) is 17.0 Å². The van der Waals surface area contributed by atoms with Gasteiger partial charge in [-0.25, -0.2) is 4.79 Å². The Morgan fingerprint density at radius 1 is 1.21 bits per heavy atom. The molecule has 28 heavy (non-hydrogen) atoms. The summed E-state index contributed by atoms with van der Waals surface area (Å²) in [4.78, 5) is 37.8. The second-order valence-corrected chi connectivity index (χ2v) is 9.38. The second kappa shape index (κ2) is 6.40. The van der Waals surface area contributed by atoms with Crippen molar-refractivity contribution in [2.45, 2.75) is 55.1 Å². The third-order valence-corrected chi connectivity index (χ3v) is 6.81. The number of rotatable bonds is 4. The molecule has 0 aliphatic carbocycles. The summed E-state index contributed by atoms with van der Waals surface area (Å²) in [5, 5.41) is 11.6. The summed E-state index contributed by atoms with van der Waals surface area (Å²) in [6.45, 7) is 4.99. The number of nitrogens with one attached hydrogen (secondary N) is 1. The Morgan fingerprint density at radius 2 is 1.79 bits per heavy atom. The number of carboxylic acid groups (broad SMARTS) is 1. The molecular weight excluding hydrogens is 397 g/mol. The van der Waals surface area contributed by atoms with E-state index in [4.69, 9.17) is 0 Å². The maximum Gasteiger partial charge on any atom is 0.416 e. The molecule has 0 radical (unpaired) electrons. The number of β-lactam (4-membered cyclic amide) rings is 1. The van der Waals surface area contributed by atoms with E-state index in [9.17, 15) is 32.7 Å². The summed E-state index contributed by atoms with van der Waals surface area (Å²) in [5.74, 6) is -2.11. The minimum Gasteiger partial charge on any atom is -0.480 e. The van der Waals surface area contributed by atoms with E-state index in [1.807, 2.05) is 0 Å². The number of thioether (sulfide) groups is 1. The molecule has 2 heterocycles. The average Bonchev–Trinajstić information content (AvgIpc) is 2.84. The van der Waals surface area contributed by atoms with Crippen molar-refractivity contribution in [3.05, 3.63) is 35.4 Å².